The van der Waals surface area contributed by atoms with E-state index in [9.17, 15) is 0 Å². The molecule has 0 aliphatic carbocycles. The Balaban J connectivity index is 0.000000861. The predicted molar refractivity (Wildman–Crippen MR) is 144 cm³/mol. The lowest BCUT2D eigenvalue weighted by Crippen LogP contribution is -2.45. The van der Waals surface area contributed by atoms with Crippen LogP contribution >= 0.6 is 0 Å². The molecule has 36 heavy (non-hydrogen) atoms. The molecular weight excluding hydrogens is 460 g/mol. The van der Waals surface area contributed by atoms with Gasteiger partial charge in [-0.15, -0.1) is 0 Å². The highest BCUT2D eigenvalue weighted by Crippen LogP contribution is 2.30. The number of imidazole rings is 1. The van der Waals surface area contributed by atoms with E-state index in [2.05, 4.69) is 14.9 Å². The van der Waals surface area contributed by atoms with Crippen LogP contribution in [-0.4, -0.2) is 57.6 Å². The summed E-state index contributed by atoms with van der Waals surface area (Å²) in [7, 11) is 2.00. The monoisotopic (exact) mass is 495 g/mol. The number of hydrogen-bond acceptors (Lipinski definition) is 6. The first-order valence-electron chi connectivity index (χ1n) is 12.4. The van der Waals surface area contributed by atoms with Crippen molar-refractivity contribution in [3.05, 3.63) is 60.1 Å². The van der Waals surface area contributed by atoms with Gasteiger partial charge in [-0.25, -0.2) is 23.7 Å². The van der Waals surface area contributed by atoms with E-state index in [1.54, 1.807) is 28.7 Å². The highest BCUT2D eigenvalue weighted by atomic mass is 19.1. The third-order valence-corrected chi connectivity index (χ3v) is 5.83. The van der Waals surface area contributed by atoms with Crippen LogP contribution in [0.2, 0.25) is 0 Å². The van der Waals surface area contributed by atoms with E-state index in [0.29, 0.717) is 47.3 Å². The van der Waals surface area contributed by atoms with Crippen LogP contribution in [-0.2, 0) is 0 Å². The Labute approximate surface area is 211 Å². The molecule has 5 rings (SSSR count). The molecule has 0 unspecified atom stereocenters. The van der Waals surface area contributed by atoms with Gasteiger partial charge >= 0.3 is 0 Å². The van der Waals surface area contributed by atoms with Crippen molar-refractivity contribution >= 4 is 22.7 Å². The Bertz CT molecular complexity index is 1290. The maximum Gasteiger partial charge on any atom is 0.165 e. The number of nitrogen functional groups attached to an aromatic ring is 1. The van der Waals surface area contributed by atoms with Crippen LogP contribution in [0.1, 0.15) is 33.5 Å². The van der Waals surface area contributed by atoms with E-state index in [1.807, 2.05) is 52.9 Å². The van der Waals surface area contributed by atoms with Crippen LogP contribution in [0.4, 0.5) is 20.3 Å². The van der Waals surface area contributed by atoms with Crippen LogP contribution in [0.5, 0.6) is 0 Å². The van der Waals surface area contributed by atoms with Crippen molar-refractivity contribution in [3.63, 3.8) is 0 Å². The Morgan fingerprint density at radius 1 is 0.861 bits per heavy atom. The van der Waals surface area contributed by atoms with E-state index in [1.165, 1.54) is 12.1 Å². The summed E-state index contributed by atoms with van der Waals surface area (Å²) in [6.45, 7) is 12.5. The van der Waals surface area contributed by atoms with Gasteiger partial charge in [0.15, 0.2) is 17.3 Å². The average Bonchev–Trinajstić information content (AvgIpc) is 3.22. The van der Waals surface area contributed by atoms with Gasteiger partial charge in [-0.2, -0.15) is 0 Å². The number of likely N-dealkylation sites (N-methyl/N-ethyl adjacent to an activating group) is 1. The summed E-state index contributed by atoms with van der Waals surface area (Å²) >= 11 is 0. The van der Waals surface area contributed by atoms with E-state index in [4.69, 9.17) is 10.7 Å². The van der Waals surface area contributed by atoms with Crippen LogP contribution in [0.15, 0.2) is 42.6 Å². The van der Waals surface area contributed by atoms with E-state index in [0.717, 1.165) is 18.7 Å². The van der Waals surface area contributed by atoms with Gasteiger partial charge in [0.1, 0.15) is 22.8 Å². The highest BCUT2D eigenvalue weighted by Gasteiger charge is 2.23. The minimum atomic E-state index is -0.594. The molecule has 192 valence electrons. The summed E-state index contributed by atoms with van der Waals surface area (Å²) in [5.74, 6) is -0.213. The Morgan fingerprint density at radius 2 is 1.50 bits per heavy atom. The number of piperazine rings is 1. The highest BCUT2D eigenvalue weighted by molar-refractivity contribution is 5.78. The topological polar surface area (TPSA) is 76.1 Å². The Kier molecular flexibility index (Phi) is 8.93. The lowest BCUT2D eigenvalue weighted by Gasteiger charge is -2.34. The number of aromatic nitrogens is 4. The number of anilines is 2. The second kappa shape index (κ2) is 11.9. The Hall–Kier alpha value is -3.59. The summed E-state index contributed by atoms with van der Waals surface area (Å²) in [5.41, 5.74) is 8.79. The van der Waals surface area contributed by atoms with Crippen LogP contribution in [0.3, 0.4) is 0 Å². The summed E-state index contributed by atoms with van der Waals surface area (Å²) in [5, 5.41) is 0. The molecule has 0 atom stereocenters. The minimum Gasteiger partial charge on any atom is -0.384 e. The molecule has 3 aromatic heterocycles. The van der Waals surface area contributed by atoms with E-state index < -0.39 is 11.6 Å². The number of hydrogen-bond donors (Lipinski definition) is 1. The SMILES string of the molecule is CC.CC.Cc1nc2ccc(-c3ccnc(N)c3)nc2n1-c1cc(F)c(N2CCN(C)CC2)c(F)c1. The van der Waals surface area contributed by atoms with Crippen LogP contribution in [0, 0.1) is 18.6 Å². The molecule has 1 fully saturated rings. The van der Waals surface area contributed by atoms with Gasteiger partial charge in [-0.1, -0.05) is 27.7 Å². The number of rotatable bonds is 3. The molecule has 7 nitrogen and oxygen atoms in total. The molecule has 2 N–H and O–H groups in total. The zero-order chi connectivity index (χ0) is 26.4. The second-order valence-electron chi connectivity index (χ2n) is 8.05. The number of fused-ring (bicyclic) bond motifs is 1. The first-order chi connectivity index (χ1) is 17.4. The number of nitrogens with two attached hydrogens (primary N) is 1. The fourth-order valence-electron chi connectivity index (χ4n) is 4.16. The molecule has 0 bridgehead atoms. The molecule has 4 aromatic rings. The summed E-state index contributed by atoms with van der Waals surface area (Å²) in [6.07, 6.45) is 1.61. The van der Waals surface area contributed by atoms with E-state index in [-0.39, 0.29) is 5.69 Å². The van der Waals surface area contributed by atoms with Crippen molar-refractivity contribution in [1.82, 2.24) is 24.4 Å². The fourth-order valence-corrected chi connectivity index (χ4v) is 4.16. The van der Waals surface area contributed by atoms with Crippen molar-refractivity contribution in [2.45, 2.75) is 34.6 Å². The third-order valence-electron chi connectivity index (χ3n) is 5.83. The lowest BCUT2D eigenvalue weighted by molar-refractivity contribution is 0.310. The number of halogens is 2. The van der Waals surface area contributed by atoms with E-state index >= 15 is 8.78 Å². The van der Waals surface area contributed by atoms with Gasteiger partial charge in [0.2, 0.25) is 0 Å². The quantitative estimate of drug-likeness (QED) is 0.407. The smallest absolute Gasteiger partial charge is 0.165 e. The molecule has 1 aromatic carbocycles. The number of pyridine rings is 2. The fraction of sp³-hybridized carbons (Fsp3) is 0.370. The van der Waals surface area contributed by atoms with Crippen molar-refractivity contribution in [2.75, 3.05) is 43.9 Å². The van der Waals surface area contributed by atoms with Crippen LogP contribution < -0.4 is 10.6 Å². The standard InChI is InChI=1S/C23H23F2N7.2C2H6/c1-14-28-20-4-3-19(15-5-6-27-21(26)11-15)29-23(20)32(14)16-12-17(24)22(18(25)13-16)31-9-7-30(2)8-10-31;2*1-2/h3-6,11-13H,7-10H2,1-2H3,(H2,26,27);2*1-2H3. The van der Waals surface area contributed by atoms with Crippen molar-refractivity contribution in [1.29, 1.82) is 0 Å². The average molecular weight is 496 g/mol. The summed E-state index contributed by atoms with van der Waals surface area (Å²) in [6, 6.07) is 9.91. The zero-order valence-electron chi connectivity index (χ0n) is 21.9. The molecule has 9 heteroatoms. The number of nitrogens with zero attached hydrogens (tertiary/aromatic N) is 6. The molecule has 1 saturated heterocycles. The van der Waals surface area contributed by atoms with Gasteiger partial charge in [-0.3, -0.25) is 4.57 Å². The summed E-state index contributed by atoms with van der Waals surface area (Å²) < 4.78 is 31.9. The van der Waals surface area contributed by atoms with Gasteiger partial charge in [0.25, 0.3) is 0 Å². The van der Waals surface area contributed by atoms with Gasteiger partial charge < -0.3 is 15.5 Å². The second-order valence-corrected chi connectivity index (χ2v) is 8.05. The summed E-state index contributed by atoms with van der Waals surface area (Å²) in [4.78, 5) is 17.2. The van der Waals surface area contributed by atoms with Crippen molar-refractivity contribution < 1.29 is 8.78 Å². The maximum absolute atomic E-state index is 15.1. The zero-order valence-corrected chi connectivity index (χ0v) is 21.9. The molecule has 4 heterocycles. The van der Waals surface area contributed by atoms with Crippen molar-refractivity contribution in [2.24, 2.45) is 0 Å². The predicted octanol–water partition coefficient (Wildman–Crippen LogP) is 5.46. The molecule has 0 saturated carbocycles. The van der Waals surface area contributed by atoms with Crippen molar-refractivity contribution in [3.8, 4) is 16.9 Å². The molecule has 0 amide bonds. The Morgan fingerprint density at radius 3 is 2.11 bits per heavy atom. The van der Waals surface area contributed by atoms with Gasteiger partial charge in [-0.05, 0) is 38.2 Å². The molecule has 0 spiro atoms. The maximum atomic E-state index is 15.1. The van der Waals surface area contributed by atoms with Gasteiger partial charge in [0, 0.05) is 50.1 Å². The lowest BCUT2D eigenvalue weighted by atomic mass is 10.1. The molecule has 1 aliphatic rings. The molecular formula is C27H35F2N7. The number of aryl methyl sites for hydroxylation is 1. The third kappa shape index (κ3) is 5.46. The molecule has 1 aliphatic heterocycles. The minimum absolute atomic E-state index is 0.0184. The normalized spacial score (nSPS) is 13.6. The number of benzene rings is 1. The largest absolute Gasteiger partial charge is 0.384 e. The first kappa shape index (κ1) is 27.0. The van der Waals surface area contributed by atoms with Crippen LogP contribution in [0.25, 0.3) is 28.1 Å². The van der Waals surface area contributed by atoms with Gasteiger partial charge in [0.05, 0.1) is 11.4 Å². The molecule has 0 radical (unpaired) electrons. The first-order valence-corrected chi connectivity index (χ1v) is 12.4.